The van der Waals surface area contributed by atoms with Crippen molar-refractivity contribution in [3.63, 3.8) is 0 Å². The van der Waals surface area contributed by atoms with Crippen LogP contribution in [-0.4, -0.2) is 13.1 Å². The third kappa shape index (κ3) is 3.12. The molecule has 0 bridgehead atoms. The molecule has 1 atom stereocenters. The number of nitrogens with one attached hydrogen (secondary N) is 1. The fourth-order valence-corrected chi connectivity index (χ4v) is 2.68. The van der Waals surface area contributed by atoms with Gasteiger partial charge in [0.2, 0.25) is 0 Å². The van der Waals surface area contributed by atoms with Crippen LogP contribution in [0.5, 0.6) is 0 Å². The first-order valence-electron chi connectivity index (χ1n) is 7.05. The molecule has 0 spiro atoms. The first-order chi connectivity index (χ1) is 8.48. The highest BCUT2D eigenvalue weighted by atomic mass is 14.9. The zero-order valence-electron chi connectivity index (χ0n) is 11.9. The fourth-order valence-electron chi connectivity index (χ4n) is 2.68. The summed E-state index contributed by atoms with van der Waals surface area (Å²) in [6, 6.07) is 9.09. The molecule has 0 aliphatic carbocycles. The Hall–Kier alpha value is -0.860. The van der Waals surface area contributed by atoms with Gasteiger partial charge in [-0.15, -0.1) is 0 Å². The number of rotatable bonds is 2. The Morgan fingerprint density at radius 1 is 1.11 bits per heavy atom. The van der Waals surface area contributed by atoms with Gasteiger partial charge in [0.1, 0.15) is 0 Å². The first-order valence-corrected chi connectivity index (χ1v) is 7.05. The van der Waals surface area contributed by atoms with Gasteiger partial charge in [-0.3, -0.25) is 0 Å². The van der Waals surface area contributed by atoms with E-state index in [0.29, 0.717) is 5.92 Å². The van der Waals surface area contributed by atoms with Gasteiger partial charge >= 0.3 is 0 Å². The van der Waals surface area contributed by atoms with Gasteiger partial charge in [-0.25, -0.2) is 0 Å². The van der Waals surface area contributed by atoms with Crippen molar-refractivity contribution in [1.29, 1.82) is 0 Å². The monoisotopic (exact) mass is 246 g/mol. The molecule has 1 saturated heterocycles. The van der Waals surface area contributed by atoms with Crippen LogP contribution in [0.25, 0.3) is 0 Å². The van der Waals surface area contributed by atoms with Gasteiger partial charge in [-0.2, -0.15) is 0 Å². The first kappa shape index (κ1) is 13.6. The lowest BCUT2D eigenvalue weighted by Gasteiger charge is -2.29. The molecule has 2 rings (SSSR count). The number of hydrogen-bond donors (Lipinski definition) is 2. The molecule has 0 aromatic heterocycles. The van der Waals surface area contributed by atoms with E-state index in [1.165, 1.54) is 24.0 Å². The van der Waals surface area contributed by atoms with Gasteiger partial charge in [0.05, 0.1) is 0 Å². The van der Waals surface area contributed by atoms with Crippen LogP contribution < -0.4 is 11.1 Å². The minimum absolute atomic E-state index is 0.195. The Balaban J connectivity index is 2.09. The molecule has 0 saturated carbocycles. The standard InChI is InChI=1S/C16H26N2/c1-16(2,3)14-6-4-12(5-7-14)15(17)13-8-10-18-11-9-13/h4-7,13,15,18H,8-11,17H2,1-3H3. The van der Waals surface area contributed by atoms with E-state index in [1.807, 2.05) is 0 Å². The largest absolute Gasteiger partial charge is 0.324 e. The van der Waals surface area contributed by atoms with Crippen LogP contribution in [0, 0.1) is 5.92 Å². The molecule has 1 heterocycles. The molecular weight excluding hydrogens is 220 g/mol. The molecule has 1 aromatic carbocycles. The van der Waals surface area contributed by atoms with E-state index in [-0.39, 0.29) is 11.5 Å². The Bertz CT molecular complexity index is 369. The summed E-state index contributed by atoms with van der Waals surface area (Å²) in [6.45, 7) is 8.95. The molecule has 1 aromatic rings. The van der Waals surface area contributed by atoms with Crippen molar-refractivity contribution < 1.29 is 0 Å². The second kappa shape index (κ2) is 5.41. The average Bonchev–Trinajstić information content (AvgIpc) is 2.38. The maximum Gasteiger partial charge on any atom is 0.0324 e. The molecule has 100 valence electrons. The Morgan fingerprint density at radius 3 is 2.17 bits per heavy atom. The predicted molar refractivity (Wildman–Crippen MR) is 77.7 cm³/mol. The topological polar surface area (TPSA) is 38.0 Å². The molecule has 1 aliphatic heterocycles. The second-order valence-corrected chi connectivity index (χ2v) is 6.49. The van der Waals surface area contributed by atoms with Crippen molar-refractivity contribution in [3.8, 4) is 0 Å². The molecule has 3 N–H and O–H groups in total. The summed E-state index contributed by atoms with van der Waals surface area (Å²) >= 11 is 0. The summed E-state index contributed by atoms with van der Waals surface area (Å²) in [5.41, 5.74) is 9.29. The molecule has 1 fully saturated rings. The molecular formula is C16H26N2. The molecule has 2 heteroatoms. The number of nitrogens with two attached hydrogens (primary N) is 1. The van der Waals surface area contributed by atoms with E-state index in [0.717, 1.165) is 13.1 Å². The van der Waals surface area contributed by atoms with Crippen LogP contribution in [0.1, 0.15) is 50.8 Å². The van der Waals surface area contributed by atoms with E-state index < -0.39 is 0 Å². The Kier molecular flexibility index (Phi) is 4.08. The predicted octanol–water partition coefficient (Wildman–Crippen LogP) is 2.98. The van der Waals surface area contributed by atoms with Crippen LogP contribution in [0.2, 0.25) is 0 Å². The summed E-state index contributed by atoms with van der Waals surface area (Å²) in [5, 5.41) is 3.39. The minimum Gasteiger partial charge on any atom is -0.324 e. The number of piperidine rings is 1. The van der Waals surface area contributed by atoms with E-state index in [1.54, 1.807) is 0 Å². The van der Waals surface area contributed by atoms with Gasteiger partial charge in [0.15, 0.2) is 0 Å². The van der Waals surface area contributed by atoms with Crippen LogP contribution in [0.3, 0.4) is 0 Å². The van der Waals surface area contributed by atoms with Crippen LogP contribution in [0.4, 0.5) is 0 Å². The van der Waals surface area contributed by atoms with Crippen LogP contribution in [-0.2, 0) is 5.41 Å². The zero-order chi connectivity index (χ0) is 13.2. The summed E-state index contributed by atoms with van der Waals surface area (Å²) in [7, 11) is 0. The van der Waals surface area contributed by atoms with Gasteiger partial charge < -0.3 is 11.1 Å². The maximum atomic E-state index is 6.40. The van der Waals surface area contributed by atoms with Crippen molar-refractivity contribution in [3.05, 3.63) is 35.4 Å². The molecule has 2 nitrogen and oxygen atoms in total. The van der Waals surface area contributed by atoms with Gasteiger partial charge in [0.25, 0.3) is 0 Å². The zero-order valence-corrected chi connectivity index (χ0v) is 11.9. The summed E-state index contributed by atoms with van der Waals surface area (Å²) < 4.78 is 0. The lowest BCUT2D eigenvalue weighted by atomic mass is 9.83. The lowest BCUT2D eigenvalue weighted by molar-refractivity contribution is 0.322. The van der Waals surface area contributed by atoms with E-state index >= 15 is 0 Å². The van der Waals surface area contributed by atoms with Gasteiger partial charge in [-0.05, 0) is 48.4 Å². The fraction of sp³-hybridized carbons (Fsp3) is 0.625. The normalized spacial score (nSPS) is 19.8. The van der Waals surface area contributed by atoms with Gasteiger partial charge in [0, 0.05) is 6.04 Å². The van der Waals surface area contributed by atoms with Crippen molar-refractivity contribution >= 4 is 0 Å². The average molecular weight is 246 g/mol. The summed E-state index contributed by atoms with van der Waals surface area (Å²) in [4.78, 5) is 0. The molecule has 18 heavy (non-hydrogen) atoms. The Labute approximate surface area is 111 Å². The highest BCUT2D eigenvalue weighted by molar-refractivity contribution is 5.29. The third-order valence-electron chi connectivity index (χ3n) is 4.05. The van der Waals surface area contributed by atoms with Crippen molar-refractivity contribution in [1.82, 2.24) is 5.32 Å². The van der Waals surface area contributed by atoms with E-state index in [2.05, 4.69) is 50.4 Å². The van der Waals surface area contributed by atoms with E-state index in [9.17, 15) is 0 Å². The quantitative estimate of drug-likeness (QED) is 0.842. The molecule has 0 radical (unpaired) electrons. The smallest absolute Gasteiger partial charge is 0.0324 e. The highest BCUT2D eigenvalue weighted by Gasteiger charge is 2.22. The van der Waals surface area contributed by atoms with Crippen molar-refractivity contribution in [2.45, 2.75) is 45.1 Å². The molecule has 1 unspecified atom stereocenters. The van der Waals surface area contributed by atoms with Gasteiger partial charge in [-0.1, -0.05) is 45.0 Å². The van der Waals surface area contributed by atoms with Crippen molar-refractivity contribution in [2.24, 2.45) is 11.7 Å². The maximum absolute atomic E-state index is 6.40. The lowest BCUT2D eigenvalue weighted by Crippen LogP contribution is -2.33. The SMILES string of the molecule is CC(C)(C)c1ccc(C(N)C2CCNCC2)cc1. The second-order valence-electron chi connectivity index (χ2n) is 6.49. The van der Waals surface area contributed by atoms with E-state index in [4.69, 9.17) is 5.73 Å². The van der Waals surface area contributed by atoms with Crippen LogP contribution >= 0.6 is 0 Å². The highest BCUT2D eigenvalue weighted by Crippen LogP contribution is 2.29. The number of benzene rings is 1. The van der Waals surface area contributed by atoms with Crippen LogP contribution in [0.15, 0.2) is 24.3 Å². The minimum atomic E-state index is 0.195. The third-order valence-corrected chi connectivity index (χ3v) is 4.05. The summed E-state index contributed by atoms with van der Waals surface area (Å²) in [6.07, 6.45) is 2.39. The molecule has 1 aliphatic rings. The number of hydrogen-bond acceptors (Lipinski definition) is 2. The summed E-state index contributed by atoms with van der Waals surface area (Å²) in [5.74, 6) is 0.631. The van der Waals surface area contributed by atoms with Crippen molar-refractivity contribution in [2.75, 3.05) is 13.1 Å². The molecule has 0 amide bonds. The Morgan fingerprint density at radius 2 is 1.67 bits per heavy atom.